The molecule has 1 atom stereocenters. The minimum absolute atomic E-state index is 0.265. The van der Waals surface area contributed by atoms with E-state index in [-0.39, 0.29) is 6.04 Å². The van der Waals surface area contributed by atoms with Crippen molar-refractivity contribution in [2.75, 3.05) is 0 Å². The fourth-order valence-electron chi connectivity index (χ4n) is 1.44. The van der Waals surface area contributed by atoms with Gasteiger partial charge in [0.15, 0.2) is 0 Å². The first-order valence-corrected chi connectivity index (χ1v) is 5.91. The van der Waals surface area contributed by atoms with Crippen LogP contribution in [0.15, 0.2) is 23.8 Å². The zero-order valence-corrected chi connectivity index (χ0v) is 9.77. The molecule has 80 valence electrons. The topological polar surface area (TPSA) is 40.7 Å². The zero-order chi connectivity index (χ0) is 10.7. The summed E-state index contributed by atoms with van der Waals surface area (Å²) in [5.41, 5.74) is 1.36. The molecule has 2 aromatic rings. The van der Waals surface area contributed by atoms with E-state index in [9.17, 15) is 0 Å². The van der Waals surface area contributed by atoms with Crippen LogP contribution < -0.4 is 5.32 Å². The number of aromatic nitrogens is 2. The van der Waals surface area contributed by atoms with E-state index in [1.165, 1.54) is 10.4 Å². The van der Waals surface area contributed by atoms with Gasteiger partial charge in [-0.25, -0.2) is 4.98 Å². The maximum atomic E-state index is 4.22. The van der Waals surface area contributed by atoms with Gasteiger partial charge in [-0.05, 0) is 30.9 Å². The van der Waals surface area contributed by atoms with Gasteiger partial charge in [-0.15, -0.1) is 11.3 Å². The highest BCUT2D eigenvalue weighted by molar-refractivity contribution is 7.10. The molecular formula is C11H15N3S. The first-order chi connectivity index (χ1) is 7.27. The SMILES string of the molecule is Cc1ccsc1CNC(C)c1ncc[nH]1. The summed E-state index contributed by atoms with van der Waals surface area (Å²) in [6, 6.07) is 2.42. The fraction of sp³-hybridized carbons (Fsp3) is 0.364. The quantitative estimate of drug-likeness (QED) is 0.833. The van der Waals surface area contributed by atoms with Crippen LogP contribution in [-0.2, 0) is 6.54 Å². The largest absolute Gasteiger partial charge is 0.347 e. The number of H-pyrrole nitrogens is 1. The second-order valence-electron chi connectivity index (χ2n) is 3.60. The maximum Gasteiger partial charge on any atom is 0.122 e. The lowest BCUT2D eigenvalue weighted by Crippen LogP contribution is -2.18. The van der Waals surface area contributed by atoms with E-state index in [1.807, 2.05) is 6.20 Å². The number of nitrogens with one attached hydrogen (secondary N) is 2. The van der Waals surface area contributed by atoms with Crippen molar-refractivity contribution in [2.24, 2.45) is 0 Å². The van der Waals surface area contributed by atoms with Gasteiger partial charge in [-0.1, -0.05) is 0 Å². The lowest BCUT2D eigenvalue weighted by Gasteiger charge is -2.10. The van der Waals surface area contributed by atoms with E-state index < -0.39 is 0 Å². The van der Waals surface area contributed by atoms with E-state index in [2.05, 4.69) is 40.6 Å². The third-order valence-corrected chi connectivity index (χ3v) is 3.49. The Morgan fingerprint density at radius 3 is 3.07 bits per heavy atom. The van der Waals surface area contributed by atoms with Gasteiger partial charge in [0.25, 0.3) is 0 Å². The number of aryl methyl sites for hydroxylation is 1. The minimum atomic E-state index is 0.265. The van der Waals surface area contributed by atoms with Crippen LogP contribution in [0.5, 0.6) is 0 Å². The Balaban J connectivity index is 1.91. The number of thiophene rings is 1. The van der Waals surface area contributed by atoms with Crippen LogP contribution in [0, 0.1) is 6.92 Å². The Bertz CT molecular complexity index is 405. The molecule has 0 aliphatic rings. The predicted molar refractivity (Wildman–Crippen MR) is 62.9 cm³/mol. The molecule has 0 bridgehead atoms. The van der Waals surface area contributed by atoms with Crippen molar-refractivity contribution < 1.29 is 0 Å². The summed E-state index contributed by atoms with van der Waals surface area (Å²) in [5.74, 6) is 0.990. The Labute approximate surface area is 93.6 Å². The van der Waals surface area contributed by atoms with Crippen LogP contribution in [0.25, 0.3) is 0 Å². The fourth-order valence-corrected chi connectivity index (χ4v) is 2.30. The molecule has 4 heteroatoms. The first kappa shape index (κ1) is 10.4. The molecule has 1 unspecified atom stereocenters. The molecule has 0 spiro atoms. The number of aromatic amines is 1. The van der Waals surface area contributed by atoms with Gasteiger partial charge in [0.2, 0.25) is 0 Å². The molecule has 0 aliphatic heterocycles. The highest BCUT2D eigenvalue weighted by Gasteiger charge is 2.07. The number of hydrogen-bond acceptors (Lipinski definition) is 3. The number of hydrogen-bond donors (Lipinski definition) is 2. The van der Waals surface area contributed by atoms with Crippen molar-refractivity contribution in [3.63, 3.8) is 0 Å². The summed E-state index contributed by atoms with van der Waals surface area (Å²) < 4.78 is 0. The molecule has 0 radical (unpaired) electrons. The number of imidazole rings is 1. The molecule has 2 N–H and O–H groups in total. The van der Waals surface area contributed by atoms with Crippen LogP contribution in [0.4, 0.5) is 0 Å². The van der Waals surface area contributed by atoms with Gasteiger partial charge in [0, 0.05) is 23.8 Å². The highest BCUT2D eigenvalue weighted by atomic mass is 32.1. The average Bonchev–Trinajstić information content (AvgIpc) is 2.85. The van der Waals surface area contributed by atoms with Crippen LogP contribution in [0.3, 0.4) is 0 Å². The van der Waals surface area contributed by atoms with Gasteiger partial charge >= 0.3 is 0 Å². The third-order valence-electron chi connectivity index (χ3n) is 2.47. The van der Waals surface area contributed by atoms with Gasteiger partial charge in [-0.3, -0.25) is 0 Å². The standard InChI is InChI=1S/C11H15N3S/c1-8-3-6-15-10(8)7-14-9(2)11-12-4-5-13-11/h3-6,9,14H,7H2,1-2H3,(H,12,13). The van der Waals surface area contributed by atoms with Crippen molar-refractivity contribution in [1.29, 1.82) is 0 Å². The van der Waals surface area contributed by atoms with Crippen molar-refractivity contribution in [2.45, 2.75) is 26.4 Å². The summed E-state index contributed by atoms with van der Waals surface area (Å²) in [6.45, 7) is 5.16. The third kappa shape index (κ3) is 2.46. The van der Waals surface area contributed by atoms with Crippen molar-refractivity contribution in [1.82, 2.24) is 15.3 Å². The summed E-state index contributed by atoms with van der Waals surface area (Å²) in [4.78, 5) is 8.73. The van der Waals surface area contributed by atoms with Crippen LogP contribution in [-0.4, -0.2) is 9.97 Å². The molecule has 0 saturated carbocycles. The van der Waals surface area contributed by atoms with Crippen LogP contribution in [0.2, 0.25) is 0 Å². The first-order valence-electron chi connectivity index (χ1n) is 5.03. The molecule has 0 fully saturated rings. The predicted octanol–water partition coefficient (Wildman–Crippen LogP) is 2.63. The van der Waals surface area contributed by atoms with Crippen molar-refractivity contribution >= 4 is 11.3 Å². The van der Waals surface area contributed by atoms with Crippen LogP contribution >= 0.6 is 11.3 Å². The van der Waals surface area contributed by atoms with Crippen LogP contribution in [0.1, 0.15) is 29.2 Å². The molecule has 3 nitrogen and oxygen atoms in total. The monoisotopic (exact) mass is 221 g/mol. The average molecular weight is 221 g/mol. The molecule has 2 aromatic heterocycles. The zero-order valence-electron chi connectivity index (χ0n) is 8.95. The van der Waals surface area contributed by atoms with Crippen molar-refractivity contribution in [3.05, 3.63) is 40.1 Å². The molecule has 0 amide bonds. The number of nitrogens with zero attached hydrogens (tertiary/aromatic N) is 1. The van der Waals surface area contributed by atoms with E-state index in [0.29, 0.717) is 0 Å². The molecule has 2 heterocycles. The van der Waals surface area contributed by atoms with Gasteiger partial charge in [0.05, 0.1) is 6.04 Å². The van der Waals surface area contributed by atoms with Crippen molar-refractivity contribution in [3.8, 4) is 0 Å². The Kier molecular flexibility index (Phi) is 3.18. The van der Waals surface area contributed by atoms with Gasteiger partial charge < -0.3 is 10.3 Å². The second kappa shape index (κ2) is 4.59. The molecule has 0 aromatic carbocycles. The summed E-state index contributed by atoms with van der Waals surface area (Å²) >= 11 is 1.80. The molecule has 0 saturated heterocycles. The Hall–Kier alpha value is -1.13. The lowest BCUT2D eigenvalue weighted by atomic mass is 10.2. The summed E-state index contributed by atoms with van der Waals surface area (Å²) in [6.07, 6.45) is 3.63. The van der Waals surface area contributed by atoms with Gasteiger partial charge in [0.1, 0.15) is 5.82 Å². The Morgan fingerprint density at radius 1 is 1.60 bits per heavy atom. The van der Waals surface area contributed by atoms with E-state index >= 15 is 0 Å². The molecule has 15 heavy (non-hydrogen) atoms. The van der Waals surface area contributed by atoms with E-state index in [1.54, 1.807) is 17.5 Å². The van der Waals surface area contributed by atoms with Gasteiger partial charge in [-0.2, -0.15) is 0 Å². The lowest BCUT2D eigenvalue weighted by molar-refractivity contribution is 0.553. The Morgan fingerprint density at radius 2 is 2.47 bits per heavy atom. The molecular weight excluding hydrogens is 206 g/mol. The smallest absolute Gasteiger partial charge is 0.122 e. The highest BCUT2D eigenvalue weighted by Crippen LogP contribution is 2.16. The van der Waals surface area contributed by atoms with E-state index in [4.69, 9.17) is 0 Å². The number of rotatable bonds is 4. The van der Waals surface area contributed by atoms with E-state index in [0.717, 1.165) is 12.4 Å². The second-order valence-corrected chi connectivity index (χ2v) is 4.60. The minimum Gasteiger partial charge on any atom is -0.347 e. The molecule has 0 aliphatic carbocycles. The summed E-state index contributed by atoms with van der Waals surface area (Å²) in [7, 11) is 0. The normalized spacial score (nSPS) is 12.9. The summed E-state index contributed by atoms with van der Waals surface area (Å²) in [5, 5.41) is 5.57. The maximum absolute atomic E-state index is 4.22. The molecule has 2 rings (SSSR count).